The van der Waals surface area contributed by atoms with Crippen molar-refractivity contribution in [2.24, 2.45) is 0 Å². The minimum absolute atomic E-state index is 0.0352. The van der Waals surface area contributed by atoms with Crippen LogP contribution in [0.1, 0.15) is 44.7 Å². The van der Waals surface area contributed by atoms with Crippen LogP contribution in [0.25, 0.3) is 11.0 Å². The second-order valence-electron chi connectivity index (χ2n) is 7.81. The van der Waals surface area contributed by atoms with Gasteiger partial charge in [0.1, 0.15) is 11.7 Å². The Morgan fingerprint density at radius 2 is 1.63 bits per heavy atom. The molecular formula is C18H27ClN6OP+. The van der Waals surface area contributed by atoms with E-state index in [9.17, 15) is 4.89 Å². The van der Waals surface area contributed by atoms with Crippen LogP contribution < -0.4 is 0 Å². The van der Waals surface area contributed by atoms with Crippen molar-refractivity contribution in [2.75, 3.05) is 32.7 Å². The quantitative estimate of drug-likeness (QED) is 0.779. The fourth-order valence-electron chi connectivity index (χ4n) is 4.87. The van der Waals surface area contributed by atoms with E-state index in [-0.39, 0.29) is 6.17 Å². The molecule has 1 unspecified atom stereocenters. The number of hydrogen-bond acceptors (Lipinski definition) is 6. The van der Waals surface area contributed by atoms with Gasteiger partial charge in [-0.2, -0.15) is 4.89 Å². The topological polar surface area (TPSA) is 60.7 Å². The van der Waals surface area contributed by atoms with Crippen LogP contribution in [-0.4, -0.2) is 66.6 Å². The maximum atomic E-state index is 12.2. The predicted molar refractivity (Wildman–Crippen MR) is 108 cm³/mol. The molecule has 1 atom stereocenters. The minimum Gasteiger partial charge on any atom is -0.224 e. The molecule has 3 aliphatic rings. The number of benzene rings is 1. The van der Waals surface area contributed by atoms with E-state index in [0.29, 0.717) is 5.02 Å². The summed E-state index contributed by atoms with van der Waals surface area (Å²) in [5, 5.41) is 9.51. The summed E-state index contributed by atoms with van der Waals surface area (Å²) in [6.07, 6.45) is 6.79. The number of rotatable bonds is 4. The number of hydrogen-bond donors (Lipinski definition) is 1. The molecule has 0 bridgehead atoms. The van der Waals surface area contributed by atoms with Crippen molar-refractivity contribution in [3.63, 3.8) is 0 Å². The molecule has 1 aromatic heterocycles. The van der Waals surface area contributed by atoms with E-state index in [1.807, 2.05) is 22.9 Å². The van der Waals surface area contributed by atoms with Gasteiger partial charge in [0.15, 0.2) is 0 Å². The van der Waals surface area contributed by atoms with Gasteiger partial charge in [0.05, 0.1) is 5.52 Å². The molecule has 9 heteroatoms. The van der Waals surface area contributed by atoms with Crippen molar-refractivity contribution in [2.45, 2.75) is 44.7 Å². The van der Waals surface area contributed by atoms with Crippen molar-refractivity contribution >= 4 is 30.6 Å². The zero-order valence-corrected chi connectivity index (χ0v) is 17.2. The Labute approximate surface area is 165 Å². The molecule has 1 aromatic carbocycles. The number of halogens is 1. The number of fused-ring (bicyclic) bond motifs is 1. The van der Waals surface area contributed by atoms with Crippen LogP contribution >= 0.6 is 19.5 Å². The van der Waals surface area contributed by atoms with E-state index in [4.69, 9.17) is 11.6 Å². The predicted octanol–water partition coefficient (Wildman–Crippen LogP) is 3.54. The van der Waals surface area contributed by atoms with Crippen LogP contribution in [0.4, 0.5) is 0 Å². The summed E-state index contributed by atoms with van der Waals surface area (Å²) in [5.41, 5.74) is 1.81. The highest BCUT2D eigenvalue weighted by Gasteiger charge is 2.61. The lowest BCUT2D eigenvalue weighted by molar-refractivity contribution is 0.211. The maximum absolute atomic E-state index is 12.2. The molecule has 0 spiro atoms. The number of nitrogens with zero attached hydrogens (tertiary/aromatic N) is 6. The Balaban J connectivity index is 1.55. The third kappa shape index (κ3) is 3.00. The molecule has 5 rings (SSSR count). The van der Waals surface area contributed by atoms with Gasteiger partial charge in [0.2, 0.25) is 0 Å². The molecule has 146 valence electrons. The van der Waals surface area contributed by atoms with E-state index in [1.54, 1.807) is 0 Å². The van der Waals surface area contributed by atoms with Gasteiger partial charge in [0, 0.05) is 37.7 Å². The van der Waals surface area contributed by atoms with Gasteiger partial charge < -0.3 is 0 Å². The summed E-state index contributed by atoms with van der Waals surface area (Å²) < 4.78 is 9.11. The molecule has 0 radical (unpaired) electrons. The van der Waals surface area contributed by atoms with Crippen LogP contribution in [0, 0.1) is 0 Å². The van der Waals surface area contributed by atoms with Crippen LogP contribution in [0.15, 0.2) is 18.2 Å². The summed E-state index contributed by atoms with van der Waals surface area (Å²) in [6, 6.07) is 5.71. The highest BCUT2D eigenvalue weighted by molar-refractivity contribution is 7.63. The molecule has 3 fully saturated rings. The van der Waals surface area contributed by atoms with Gasteiger partial charge >= 0.3 is 7.94 Å². The largest absolute Gasteiger partial charge is 0.370 e. The third-order valence-electron chi connectivity index (χ3n) is 6.18. The summed E-state index contributed by atoms with van der Waals surface area (Å²) in [7, 11) is -2.52. The summed E-state index contributed by atoms with van der Waals surface area (Å²) in [6.45, 7) is 4.88. The lowest BCUT2D eigenvalue weighted by Crippen LogP contribution is -2.44. The molecule has 1 N–H and O–H groups in total. The highest BCUT2D eigenvalue weighted by atomic mass is 35.5. The van der Waals surface area contributed by atoms with Crippen molar-refractivity contribution in [3.05, 3.63) is 23.2 Å². The molecule has 0 amide bonds. The molecule has 4 heterocycles. The van der Waals surface area contributed by atoms with Crippen LogP contribution in [-0.2, 0) is 0 Å². The monoisotopic (exact) mass is 409 g/mol. The Kier molecular flexibility index (Phi) is 4.87. The van der Waals surface area contributed by atoms with E-state index >= 15 is 0 Å². The number of aromatic nitrogens is 3. The summed E-state index contributed by atoms with van der Waals surface area (Å²) in [4.78, 5) is 12.2. The Morgan fingerprint density at radius 3 is 2.30 bits per heavy atom. The molecule has 27 heavy (non-hydrogen) atoms. The van der Waals surface area contributed by atoms with Crippen molar-refractivity contribution in [1.82, 2.24) is 29.0 Å². The van der Waals surface area contributed by atoms with Crippen LogP contribution in [0.2, 0.25) is 5.02 Å². The first-order valence-electron chi connectivity index (χ1n) is 10.1. The van der Waals surface area contributed by atoms with Gasteiger partial charge in [0.25, 0.3) is 0 Å². The van der Waals surface area contributed by atoms with E-state index in [0.717, 1.165) is 56.6 Å². The summed E-state index contributed by atoms with van der Waals surface area (Å²) in [5.74, 6) is 0. The first-order valence-corrected chi connectivity index (χ1v) is 12.1. The van der Waals surface area contributed by atoms with Crippen molar-refractivity contribution in [1.29, 1.82) is 0 Å². The van der Waals surface area contributed by atoms with Crippen LogP contribution in [0.5, 0.6) is 0 Å². The average molecular weight is 410 g/mol. The second kappa shape index (κ2) is 7.21. The van der Waals surface area contributed by atoms with E-state index in [2.05, 4.69) is 24.3 Å². The Hall–Kier alpha value is -0.820. The van der Waals surface area contributed by atoms with Gasteiger partial charge in [-0.15, -0.1) is 14.4 Å². The smallest absolute Gasteiger partial charge is 0.224 e. The zero-order chi connectivity index (χ0) is 18.4. The van der Waals surface area contributed by atoms with Gasteiger partial charge in [-0.3, -0.25) is 0 Å². The molecule has 0 saturated carbocycles. The molecule has 2 aromatic rings. The van der Waals surface area contributed by atoms with Gasteiger partial charge in [-0.05, 0) is 56.7 Å². The summed E-state index contributed by atoms with van der Waals surface area (Å²) >= 11 is 6.25. The lowest BCUT2D eigenvalue weighted by Gasteiger charge is -2.40. The highest BCUT2D eigenvalue weighted by Crippen LogP contribution is 2.69. The first kappa shape index (κ1) is 18.2. The molecule has 3 saturated heterocycles. The SMILES string of the molecule is O[P+](N1CCCC1)(N1CCCC1)N1CCCC1n1nnc2ccc(Cl)cc21. The second-order valence-corrected chi connectivity index (χ2v) is 11.0. The normalized spacial score (nSPS) is 25.9. The fourth-order valence-corrected chi connectivity index (χ4v) is 8.66. The van der Waals surface area contributed by atoms with Crippen molar-refractivity contribution < 1.29 is 4.89 Å². The minimum atomic E-state index is -2.52. The van der Waals surface area contributed by atoms with Crippen molar-refractivity contribution in [3.8, 4) is 0 Å². The standard InChI is InChI=1S/C18H27ClN6OP/c19-15-7-8-16-17(14-15)25(21-20-16)18-6-5-13-24(18)27(26,22-9-1-2-10-22)23-11-3-4-12-23/h7-8,14,18,26H,1-6,9-13H2/q+1. The van der Waals surface area contributed by atoms with E-state index < -0.39 is 7.94 Å². The maximum Gasteiger partial charge on any atom is 0.370 e. The molecular weight excluding hydrogens is 383 g/mol. The van der Waals surface area contributed by atoms with Crippen LogP contribution in [0.3, 0.4) is 0 Å². The van der Waals surface area contributed by atoms with E-state index in [1.165, 1.54) is 25.7 Å². The van der Waals surface area contributed by atoms with Gasteiger partial charge in [-0.25, -0.2) is 4.68 Å². The fraction of sp³-hybridized carbons (Fsp3) is 0.667. The molecule has 7 nitrogen and oxygen atoms in total. The Bertz CT molecular complexity index is 803. The lowest BCUT2D eigenvalue weighted by atomic mass is 10.3. The molecule has 3 aliphatic heterocycles. The third-order valence-corrected chi connectivity index (χ3v) is 9.89. The van der Waals surface area contributed by atoms with Gasteiger partial charge in [-0.1, -0.05) is 21.5 Å². The Morgan fingerprint density at radius 1 is 0.963 bits per heavy atom. The molecule has 0 aliphatic carbocycles. The zero-order valence-electron chi connectivity index (χ0n) is 15.5. The average Bonchev–Trinajstić information content (AvgIpc) is 3.48. The first-order chi connectivity index (χ1) is 13.2.